The lowest BCUT2D eigenvalue weighted by atomic mass is 10.1. The van der Waals surface area contributed by atoms with Crippen LogP contribution in [0.3, 0.4) is 0 Å². The van der Waals surface area contributed by atoms with E-state index in [2.05, 4.69) is 10.2 Å². The van der Waals surface area contributed by atoms with Gasteiger partial charge in [0.05, 0.1) is 5.69 Å². The van der Waals surface area contributed by atoms with Gasteiger partial charge < -0.3 is 21.5 Å². The molecule has 8 heteroatoms. The molecule has 5 N–H and O–H groups in total. The highest BCUT2D eigenvalue weighted by Crippen LogP contribution is 2.39. The van der Waals surface area contributed by atoms with Crippen molar-refractivity contribution in [2.24, 2.45) is 11.5 Å². The van der Waals surface area contributed by atoms with Gasteiger partial charge in [0.25, 0.3) is 5.91 Å². The van der Waals surface area contributed by atoms with Crippen molar-refractivity contribution in [3.8, 4) is 16.2 Å². The Morgan fingerprint density at radius 3 is 2.62 bits per heavy atom. The van der Waals surface area contributed by atoms with E-state index >= 15 is 0 Å². The SMILES string of the molecule is NC(=O)Nc1cc(-c2ccccc2OCCN2CCCC2)sc1C(N)=O. The summed E-state index contributed by atoms with van der Waals surface area (Å²) in [6, 6.07) is 8.55. The first-order valence-corrected chi connectivity index (χ1v) is 9.31. The number of ether oxygens (including phenoxy) is 1. The number of nitrogens with one attached hydrogen (secondary N) is 1. The number of thiophene rings is 1. The standard InChI is InChI=1S/C18H22N4O3S/c19-17(23)16-13(21-18(20)24)11-15(26-16)12-5-1-2-6-14(12)25-10-9-22-7-3-4-8-22/h1-2,5-6,11H,3-4,7-10H2,(H2,19,23)(H3,20,21,24). The van der Waals surface area contributed by atoms with Crippen molar-refractivity contribution in [3.05, 3.63) is 35.2 Å². The first kappa shape index (κ1) is 18.2. The first-order valence-electron chi connectivity index (χ1n) is 8.49. The monoisotopic (exact) mass is 374 g/mol. The van der Waals surface area contributed by atoms with Crippen LogP contribution in [0.4, 0.5) is 10.5 Å². The number of rotatable bonds is 7. The van der Waals surface area contributed by atoms with Crippen LogP contribution in [0.2, 0.25) is 0 Å². The molecule has 7 nitrogen and oxygen atoms in total. The van der Waals surface area contributed by atoms with Gasteiger partial charge >= 0.3 is 6.03 Å². The van der Waals surface area contributed by atoms with E-state index in [4.69, 9.17) is 16.2 Å². The Labute approximate surface area is 155 Å². The third-order valence-corrected chi connectivity index (χ3v) is 5.41. The lowest BCUT2D eigenvalue weighted by Gasteiger charge is -2.16. The summed E-state index contributed by atoms with van der Waals surface area (Å²) < 4.78 is 5.98. The molecular weight excluding hydrogens is 352 g/mol. The quantitative estimate of drug-likeness (QED) is 0.691. The van der Waals surface area contributed by atoms with Crippen molar-refractivity contribution >= 4 is 29.0 Å². The maximum atomic E-state index is 11.7. The van der Waals surface area contributed by atoms with Gasteiger partial charge in [0.2, 0.25) is 0 Å². The molecule has 26 heavy (non-hydrogen) atoms. The third-order valence-electron chi connectivity index (χ3n) is 4.23. The minimum atomic E-state index is -0.744. The number of para-hydroxylation sites is 1. The summed E-state index contributed by atoms with van der Waals surface area (Å²) in [4.78, 5) is 26.2. The number of anilines is 1. The number of hydrogen-bond donors (Lipinski definition) is 3. The van der Waals surface area contributed by atoms with Crippen molar-refractivity contribution in [1.82, 2.24) is 4.90 Å². The maximum absolute atomic E-state index is 11.7. The minimum Gasteiger partial charge on any atom is -0.492 e. The highest BCUT2D eigenvalue weighted by atomic mass is 32.1. The lowest BCUT2D eigenvalue weighted by molar-refractivity contribution is 0.100. The molecule has 0 aliphatic carbocycles. The molecule has 1 fully saturated rings. The Hall–Kier alpha value is -2.58. The Bertz CT molecular complexity index is 799. The van der Waals surface area contributed by atoms with Crippen molar-refractivity contribution in [2.75, 3.05) is 31.6 Å². The van der Waals surface area contributed by atoms with Crippen molar-refractivity contribution in [1.29, 1.82) is 0 Å². The predicted molar refractivity (Wildman–Crippen MR) is 103 cm³/mol. The van der Waals surface area contributed by atoms with Gasteiger partial charge in [0.15, 0.2) is 0 Å². The zero-order valence-corrected chi connectivity index (χ0v) is 15.2. The highest BCUT2D eigenvalue weighted by molar-refractivity contribution is 7.18. The number of carbonyl (C=O) groups excluding carboxylic acids is 2. The first-order chi connectivity index (χ1) is 12.5. The number of primary amides is 2. The summed E-state index contributed by atoms with van der Waals surface area (Å²) in [5, 5.41) is 2.45. The number of urea groups is 1. The van der Waals surface area contributed by atoms with E-state index in [0.717, 1.165) is 35.8 Å². The molecule has 0 spiro atoms. The summed E-state index contributed by atoms with van der Waals surface area (Å²) in [6.45, 7) is 3.73. The fraction of sp³-hybridized carbons (Fsp3) is 0.333. The van der Waals surface area contributed by atoms with Crippen LogP contribution in [0.1, 0.15) is 22.5 Å². The van der Waals surface area contributed by atoms with Gasteiger partial charge in [-0.25, -0.2) is 4.79 Å². The van der Waals surface area contributed by atoms with Gasteiger partial charge in [-0.3, -0.25) is 9.69 Å². The fourth-order valence-corrected chi connectivity index (χ4v) is 4.02. The van der Waals surface area contributed by atoms with Crippen LogP contribution in [-0.2, 0) is 0 Å². The van der Waals surface area contributed by atoms with Gasteiger partial charge in [-0.15, -0.1) is 11.3 Å². The van der Waals surface area contributed by atoms with Gasteiger partial charge in [-0.05, 0) is 44.1 Å². The van der Waals surface area contributed by atoms with Crippen LogP contribution >= 0.6 is 11.3 Å². The summed E-state index contributed by atoms with van der Waals surface area (Å²) in [5.74, 6) is 0.118. The Morgan fingerprint density at radius 2 is 1.92 bits per heavy atom. The number of amides is 3. The van der Waals surface area contributed by atoms with Gasteiger partial charge in [0, 0.05) is 17.0 Å². The summed E-state index contributed by atoms with van der Waals surface area (Å²) in [5.41, 5.74) is 11.7. The molecule has 1 aromatic carbocycles. The van der Waals surface area contributed by atoms with Gasteiger partial charge in [-0.1, -0.05) is 12.1 Å². The van der Waals surface area contributed by atoms with E-state index in [1.165, 1.54) is 24.2 Å². The van der Waals surface area contributed by atoms with Crippen LogP contribution in [0.25, 0.3) is 10.4 Å². The zero-order chi connectivity index (χ0) is 18.5. The normalized spacial score (nSPS) is 14.3. The lowest BCUT2D eigenvalue weighted by Crippen LogP contribution is -2.25. The molecule has 1 saturated heterocycles. The number of nitrogens with zero attached hydrogens (tertiary/aromatic N) is 1. The predicted octanol–water partition coefficient (Wildman–Crippen LogP) is 2.48. The number of benzene rings is 1. The van der Waals surface area contributed by atoms with Crippen LogP contribution in [0, 0.1) is 0 Å². The average molecular weight is 374 g/mol. The van der Waals surface area contributed by atoms with Crippen LogP contribution < -0.4 is 21.5 Å². The average Bonchev–Trinajstić information content (AvgIpc) is 3.24. The molecule has 2 aromatic rings. The molecule has 0 unspecified atom stereocenters. The van der Waals surface area contributed by atoms with Crippen molar-refractivity contribution in [3.63, 3.8) is 0 Å². The van der Waals surface area contributed by atoms with E-state index in [1.54, 1.807) is 6.07 Å². The number of nitrogens with two attached hydrogens (primary N) is 2. The highest BCUT2D eigenvalue weighted by Gasteiger charge is 2.18. The maximum Gasteiger partial charge on any atom is 0.316 e. The minimum absolute atomic E-state index is 0.255. The second-order valence-corrected chi connectivity index (χ2v) is 7.15. The Morgan fingerprint density at radius 1 is 1.19 bits per heavy atom. The van der Waals surface area contributed by atoms with Gasteiger partial charge in [-0.2, -0.15) is 0 Å². The zero-order valence-electron chi connectivity index (χ0n) is 14.4. The Kier molecular flexibility index (Phi) is 5.75. The molecule has 3 rings (SSSR count). The van der Waals surface area contributed by atoms with E-state index in [9.17, 15) is 9.59 Å². The molecule has 138 valence electrons. The second kappa shape index (κ2) is 8.20. The van der Waals surface area contributed by atoms with Gasteiger partial charge in [0.1, 0.15) is 17.2 Å². The number of carbonyl (C=O) groups is 2. The smallest absolute Gasteiger partial charge is 0.316 e. The van der Waals surface area contributed by atoms with Crippen molar-refractivity contribution in [2.45, 2.75) is 12.8 Å². The fourth-order valence-electron chi connectivity index (χ4n) is 3.02. The molecule has 1 aliphatic rings. The van der Waals surface area contributed by atoms with E-state index in [-0.39, 0.29) is 4.88 Å². The van der Waals surface area contributed by atoms with Crippen LogP contribution in [0.15, 0.2) is 30.3 Å². The Balaban J connectivity index is 1.80. The largest absolute Gasteiger partial charge is 0.492 e. The molecule has 3 amide bonds. The number of hydrogen-bond acceptors (Lipinski definition) is 5. The second-order valence-electron chi connectivity index (χ2n) is 6.10. The molecule has 0 bridgehead atoms. The summed E-state index contributed by atoms with van der Waals surface area (Å²) in [6.07, 6.45) is 2.49. The van der Waals surface area contributed by atoms with E-state index < -0.39 is 11.9 Å². The molecular formula is C18H22N4O3S. The molecule has 0 saturated carbocycles. The summed E-state index contributed by atoms with van der Waals surface area (Å²) >= 11 is 1.20. The molecule has 2 heterocycles. The van der Waals surface area contributed by atoms with Crippen LogP contribution in [-0.4, -0.2) is 43.1 Å². The van der Waals surface area contributed by atoms with Crippen LogP contribution in [0.5, 0.6) is 5.75 Å². The van der Waals surface area contributed by atoms with E-state index in [0.29, 0.717) is 12.3 Å². The number of likely N-dealkylation sites (tertiary alicyclic amines) is 1. The molecule has 0 radical (unpaired) electrons. The third kappa shape index (κ3) is 4.33. The molecule has 1 aliphatic heterocycles. The van der Waals surface area contributed by atoms with Crippen molar-refractivity contribution < 1.29 is 14.3 Å². The summed E-state index contributed by atoms with van der Waals surface area (Å²) in [7, 11) is 0. The topological polar surface area (TPSA) is 111 Å². The molecule has 0 atom stereocenters. The van der Waals surface area contributed by atoms with E-state index in [1.807, 2.05) is 24.3 Å². The molecule has 1 aromatic heterocycles.